The molecule has 0 bridgehead atoms. The fraction of sp³-hybridized carbons (Fsp3) is 0.167. The van der Waals surface area contributed by atoms with Gasteiger partial charge in [0, 0.05) is 42.1 Å². The van der Waals surface area contributed by atoms with Gasteiger partial charge in [0.2, 0.25) is 0 Å². The summed E-state index contributed by atoms with van der Waals surface area (Å²) in [5.74, 6) is 0.417. The van der Waals surface area contributed by atoms with Crippen molar-refractivity contribution in [2.75, 3.05) is 17.7 Å². The number of anilines is 2. The molecule has 0 aliphatic heterocycles. The van der Waals surface area contributed by atoms with E-state index >= 15 is 0 Å². The number of nitrogens with zero attached hydrogens (tertiary/aromatic N) is 5. The van der Waals surface area contributed by atoms with Gasteiger partial charge in [0.05, 0.1) is 34.5 Å². The van der Waals surface area contributed by atoms with Crippen LogP contribution in [0.1, 0.15) is 29.8 Å². The van der Waals surface area contributed by atoms with Gasteiger partial charge in [-0.05, 0) is 43.7 Å². The molecule has 0 unspecified atom stereocenters. The van der Waals surface area contributed by atoms with E-state index in [1.807, 2.05) is 38.1 Å². The van der Waals surface area contributed by atoms with E-state index in [2.05, 4.69) is 36.9 Å². The zero-order chi connectivity index (χ0) is 22.7. The van der Waals surface area contributed by atoms with Crippen molar-refractivity contribution in [3.8, 4) is 17.3 Å². The van der Waals surface area contributed by atoms with Gasteiger partial charge in [-0.25, -0.2) is 4.98 Å². The van der Waals surface area contributed by atoms with E-state index in [0.29, 0.717) is 16.9 Å². The first-order valence-corrected chi connectivity index (χ1v) is 9.99. The molecule has 3 heterocycles. The van der Waals surface area contributed by atoms with Crippen molar-refractivity contribution < 1.29 is 4.79 Å². The summed E-state index contributed by atoms with van der Waals surface area (Å²) in [6, 6.07) is 15.0. The monoisotopic (exact) mass is 423 g/mol. The lowest BCUT2D eigenvalue weighted by molar-refractivity contribution is 0.102. The van der Waals surface area contributed by atoms with Crippen LogP contribution in [0.3, 0.4) is 0 Å². The first-order valence-electron chi connectivity index (χ1n) is 9.99. The Bertz CT molecular complexity index is 1360. The van der Waals surface area contributed by atoms with Gasteiger partial charge in [0.25, 0.3) is 5.91 Å². The Morgan fingerprint density at radius 3 is 2.69 bits per heavy atom. The average Bonchev–Trinajstić information content (AvgIpc) is 2.83. The van der Waals surface area contributed by atoms with Gasteiger partial charge in [0.1, 0.15) is 5.82 Å². The number of nitriles is 1. The number of hydrogen-bond acceptors (Lipinski definition) is 7. The molecule has 0 radical (unpaired) electrons. The van der Waals surface area contributed by atoms with Gasteiger partial charge in [-0.15, -0.1) is 0 Å². The van der Waals surface area contributed by atoms with Crippen LogP contribution in [-0.4, -0.2) is 33.1 Å². The van der Waals surface area contributed by atoms with Crippen LogP contribution in [0, 0.1) is 11.3 Å². The van der Waals surface area contributed by atoms with Crippen molar-refractivity contribution in [1.82, 2.24) is 20.2 Å². The highest BCUT2D eigenvalue weighted by atomic mass is 16.1. The molecular formula is C24H21N7O. The fourth-order valence-corrected chi connectivity index (χ4v) is 3.18. The first-order chi connectivity index (χ1) is 15.4. The molecule has 1 aromatic carbocycles. The highest BCUT2D eigenvalue weighted by Gasteiger charge is 2.20. The van der Waals surface area contributed by atoms with E-state index in [1.165, 1.54) is 6.20 Å². The van der Waals surface area contributed by atoms with E-state index in [-0.39, 0.29) is 5.91 Å². The molecular weight excluding hydrogens is 402 g/mol. The SMILES string of the molecule is CNc1cc2ncc(-c3cc(C(=O)Nc4cccc(C(C)(C)C#N)c4)cnn3)cc2cn1. The van der Waals surface area contributed by atoms with Crippen LogP contribution in [-0.2, 0) is 5.41 Å². The van der Waals surface area contributed by atoms with Crippen LogP contribution >= 0.6 is 0 Å². The molecule has 158 valence electrons. The van der Waals surface area contributed by atoms with Crippen LogP contribution in [0.2, 0.25) is 0 Å². The summed E-state index contributed by atoms with van der Waals surface area (Å²) in [5, 5.41) is 24.2. The maximum absolute atomic E-state index is 12.8. The Labute approximate surface area is 185 Å². The number of amides is 1. The smallest absolute Gasteiger partial charge is 0.257 e. The Morgan fingerprint density at radius 2 is 1.91 bits per heavy atom. The Balaban J connectivity index is 1.59. The number of rotatable bonds is 5. The third-order valence-corrected chi connectivity index (χ3v) is 5.16. The molecule has 0 saturated heterocycles. The number of pyridine rings is 2. The largest absolute Gasteiger partial charge is 0.373 e. The fourth-order valence-electron chi connectivity index (χ4n) is 3.18. The summed E-state index contributed by atoms with van der Waals surface area (Å²) in [6.07, 6.45) is 4.84. The van der Waals surface area contributed by atoms with Crippen LogP contribution in [0.4, 0.5) is 11.5 Å². The molecule has 0 spiro atoms. The number of benzene rings is 1. The summed E-state index contributed by atoms with van der Waals surface area (Å²) < 4.78 is 0. The lowest BCUT2D eigenvalue weighted by atomic mass is 9.86. The molecule has 0 atom stereocenters. The lowest BCUT2D eigenvalue weighted by Crippen LogP contribution is -2.16. The van der Waals surface area contributed by atoms with Crippen molar-refractivity contribution in [3.63, 3.8) is 0 Å². The number of fused-ring (bicyclic) bond motifs is 1. The molecule has 4 rings (SSSR count). The standard InChI is InChI=1S/C24H21N7O/c1-24(2,14-25)18-5-4-6-19(9-18)30-23(32)17-8-21(31-29-13-17)16-7-15-12-28-22(26-3)10-20(15)27-11-16/h4-13H,1-3H3,(H,26,28)(H,30,32). The average molecular weight is 423 g/mol. The maximum atomic E-state index is 12.8. The molecule has 8 nitrogen and oxygen atoms in total. The zero-order valence-electron chi connectivity index (χ0n) is 17.9. The molecule has 2 N–H and O–H groups in total. The van der Waals surface area contributed by atoms with Gasteiger partial charge in [-0.2, -0.15) is 15.5 Å². The molecule has 0 fully saturated rings. The molecule has 4 aromatic rings. The van der Waals surface area contributed by atoms with Crippen molar-refractivity contribution in [2.45, 2.75) is 19.3 Å². The van der Waals surface area contributed by atoms with Gasteiger partial charge in [-0.3, -0.25) is 9.78 Å². The quantitative estimate of drug-likeness (QED) is 0.494. The Kier molecular flexibility index (Phi) is 5.48. The van der Waals surface area contributed by atoms with Gasteiger partial charge < -0.3 is 10.6 Å². The second-order valence-corrected chi connectivity index (χ2v) is 7.84. The van der Waals surface area contributed by atoms with Crippen molar-refractivity contribution in [2.24, 2.45) is 0 Å². The topological polar surface area (TPSA) is 116 Å². The second-order valence-electron chi connectivity index (χ2n) is 7.84. The Hall–Kier alpha value is -4.38. The van der Waals surface area contributed by atoms with E-state index in [1.54, 1.807) is 37.6 Å². The van der Waals surface area contributed by atoms with Crippen LogP contribution in [0.25, 0.3) is 22.2 Å². The predicted molar refractivity (Wildman–Crippen MR) is 123 cm³/mol. The summed E-state index contributed by atoms with van der Waals surface area (Å²) in [4.78, 5) is 21.6. The summed E-state index contributed by atoms with van der Waals surface area (Å²) in [6.45, 7) is 3.67. The number of nitrogens with one attached hydrogen (secondary N) is 2. The van der Waals surface area contributed by atoms with Crippen molar-refractivity contribution in [1.29, 1.82) is 5.26 Å². The maximum Gasteiger partial charge on any atom is 0.257 e. The first kappa shape index (κ1) is 20.9. The van der Waals surface area contributed by atoms with Gasteiger partial charge in [0.15, 0.2) is 0 Å². The minimum absolute atomic E-state index is 0.317. The predicted octanol–water partition coefficient (Wildman–Crippen LogP) is 4.18. The molecule has 3 aromatic heterocycles. The molecule has 1 amide bonds. The number of aromatic nitrogens is 4. The normalized spacial score (nSPS) is 11.1. The lowest BCUT2D eigenvalue weighted by Gasteiger charge is -2.17. The zero-order valence-corrected chi connectivity index (χ0v) is 17.9. The van der Waals surface area contributed by atoms with Gasteiger partial charge >= 0.3 is 0 Å². The van der Waals surface area contributed by atoms with E-state index < -0.39 is 5.41 Å². The molecule has 0 saturated carbocycles. The summed E-state index contributed by atoms with van der Waals surface area (Å²) >= 11 is 0. The summed E-state index contributed by atoms with van der Waals surface area (Å²) in [5.41, 5.74) is 3.20. The third-order valence-electron chi connectivity index (χ3n) is 5.16. The number of carbonyl (C=O) groups excluding carboxylic acids is 1. The number of hydrogen-bond donors (Lipinski definition) is 2. The van der Waals surface area contributed by atoms with Crippen molar-refractivity contribution >= 4 is 28.3 Å². The van der Waals surface area contributed by atoms with E-state index in [4.69, 9.17) is 0 Å². The van der Waals surface area contributed by atoms with Crippen LogP contribution < -0.4 is 10.6 Å². The van der Waals surface area contributed by atoms with E-state index in [9.17, 15) is 10.1 Å². The minimum Gasteiger partial charge on any atom is -0.373 e. The molecule has 0 aliphatic carbocycles. The van der Waals surface area contributed by atoms with Crippen LogP contribution in [0.15, 0.2) is 61.1 Å². The molecule has 32 heavy (non-hydrogen) atoms. The third kappa shape index (κ3) is 4.23. The van der Waals surface area contributed by atoms with Crippen molar-refractivity contribution in [3.05, 3.63) is 72.2 Å². The minimum atomic E-state index is -0.655. The highest BCUT2D eigenvalue weighted by molar-refractivity contribution is 6.04. The Morgan fingerprint density at radius 1 is 1.06 bits per heavy atom. The molecule has 8 heteroatoms. The van der Waals surface area contributed by atoms with Crippen LogP contribution in [0.5, 0.6) is 0 Å². The summed E-state index contributed by atoms with van der Waals surface area (Å²) in [7, 11) is 1.80. The van der Waals surface area contributed by atoms with E-state index in [0.717, 1.165) is 27.8 Å². The molecule has 0 aliphatic rings. The van der Waals surface area contributed by atoms with Gasteiger partial charge in [-0.1, -0.05) is 12.1 Å². The number of carbonyl (C=O) groups is 1. The highest BCUT2D eigenvalue weighted by Crippen LogP contribution is 2.26. The second kappa shape index (κ2) is 8.40.